The van der Waals surface area contributed by atoms with E-state index < -0.39 is 0 Å². The maximum absolute atomic E-state index is 12.1. The Morgan fingerprint density at radius 2 is 2.25 bits per heavy atom. The second-order valence-corrected chi connectivity index (χ2v) is 6.73. The molecular weight excluding hydrogens is 326 g/mol. The van der Waals surface area contributed by atoms with Crippen molar-refractivity contribution in [2.75, 3.05) is 17.6 Å². The van der Waals surface area contributed by atoms with Crippen molar-refractivity contribution in [3.8, 4) is 0 Å². The average Bonchev–Trinajstić information content (AvgIpc) is 3.10. The van der Waals surface area contributed by atoms with Gasteiger partial charge in [-0.15, -0.1) is 11.8 Å². The van der Waals surface area contributed by atoms with E-state index in [1.807, 2.05) is 24.8 Å². The minimum atomic E-state index is -0.255. The van der Waals surface area contributed by atoms with Crippen LogP contribution in [0.2, 0.25) is 0 Å². The Morgan fingerprint density at radius 3 is 2.96 bits per heavy atom. The summed E-state index contributed by atoms with van der Waals surface area (Å²) in [7, 11) is 0. The fraction of sp³-hybridized carbons (Fsp3) is 0.353. The van der Waals surface area contributed by atoms with E-state index in [0.29, 0.717) is 30.1 Å². The van der Waals surface area contributed by atoms with Crippen LogP contribution in [0.1, 0.15) is 20.3 Å². The van der Waals surface area contributed by atoms with Gasteiger partial charge in [0.1, 0.15) is 5.82 Å². The molecule has 0 aliphatic carbocycles. The van der Waals surface area contributed by atoms with Crippen molar-refractivity contribution >= 4 is 29.5 Å². The van der Waals surface area contributed by atoms with Crippen LogP contribution in [0, 0.1) is 0 Å². The second kappa shape index (κ2) is 7.09. The molecule has 3 heterocycles. The highest BCUT2D eigenvalue weighted by molar-refractivity contribution is 8.03. The number of anilines is 1. The van der Waals surface area contributed by atoms with Gasteiger partial charge < -0.3 is 15.0 Å². The molecular formula is C17H19N3O3S. The van der Waals surface area contributed by atoms with Crippen LogP contribution in [-0.4, -0.2) is 40.2 Å². The average molecular weight is 345 g/mol. The molecule has 1 amide bonds. The number of hydrogen-bond donors (Lipinski definition) is 1. The van der Waals surface area contributed by atoms with Gasteiger partial charge in [-0.25, -0.2) is 9.78 Å². The zero-order valence-corrected chi connectivity index (χ0v) is 14.4. The lowest BCUT2D eigenvalue weighted by Crippen LogP contribution is -2.17. The van der Waals surface area contributed by atoms with Crippen molar-refractivity contribution in [1.82, 2.24) is 9.88 Å². The molecule has 1 fully saturated rings. The first-order valence-electron chi connectivity index (χ1n) is 7.81. The topological polar surface area (TPSA) is 71.5 Å². The molecule has 7 heteroatoms. The number of carbonyl (C=O) groups is 2. The molecule has 1 aromatic heterocycles. The molecule has 6 nitrogen and oxygen atoms in total. The standard InChI is InChI=1S/C17H19N3O3S/c1-11(2)23-17(22)13-6-8-20-12(10-24-16(13)20)9-15(21)19-14-5-3-4-7-18-14/h3-5,7,9,11H,6,8,10H2,1-2H3,(H,18,19,21). The number of rotatable bonds is 4. The van der Waals surface area contributed by atoms with Crippen LogP contribution in [0.5, 0.6) is 0 Å². The molecule has 0 saturated carbocycles. The molecule has 3 rings (SSSR count). The number of hydrogen-bond acceptors (Lipinski definition) is 6. The predicted molar refractivity (Wildman–Crippen MR) is 93.0 cm³/mol. The minimum Gasteiger partial charge on any atom is -0.460 e. The molecule has 1 N–H and O–H groups in total. The van der Waals surface area contributed by atoms with E-state index in [2.05, 4.69) is 10.3 Å². The molecule has 24 heavy (non-hydrogen) atoms. The molecule has 0 spiro atoms. The number of amides is 1. The third kappa shape index (κ3) is 3.62. The Hall–Kier alpha value is -2.28. The zero-order chi connectivity index (χ0) is 17.1. The molecule has 1 saturated heterocycles. The van der Waals surface area contributed by atoms with Crippen molar-refractivity contribution in [3.05, 3.63) is 46.8 Å². The van der Waals surface area contributed by atoms with Gasteiger partial charge >= 0.3 is 5.97 Å². The highest BCUT2D eigenvalue weighted by Gasteiger charge is 2.35. The third-order valence-electron chi connectivity index (χ3n) is 3.60. The van der Waals surface area contributed by atoms with Gasteiger partial charge in [0, 0.05) is 36.7 Å². The van der Waals surface area contributed by atoms with Crippen LogP contribution in [0.4, 0.5) is 5.82 Å². The van der Waals surface area contributed by atoms with Gasteiger partial charge in [-0.2, -0.15) is 0 Å². The summed E-state index contributed by atoms with van der Waals surface area (Å²) in [6, 6.07) is 5.34. The van der Waals surface area contributed by atoms with E-state index >= 15 is 0 Å². The molecule has 1 aromatic rings. The molecule has 126 valence electrons. The first kappa shape index (κ1) is 16.6. The Kier molecular flexibility index (Phi) is 4.89. The van der Waals surface area contributed by atoms with Crippen LogP contribution < -0.4 is 5.32 Å². The SMILES string of the molecule is CC(C)OC(=O)C1=C2SCC(=CC(=O)Nc3ccccn3)N2CC1. The van der Waals surface area contributed by atoms with Gasteiger partial charge in [-0.3, -0.25) is 4.79 Å². The summed E-state index contributed by atoms with van der Waals surface area (Å²) in [6.45, 7) is 4.38. The number of pyridine rings is 1. The zero-order valence-electron chi connectivity index (χ0n) is 13.6. The number of fused-ring (bicyclic) bond motifs is 1. The minimum absolute atomic E-state index is 0.134. The van der Waals surface area contributed by atoms with E-state index in [1.54, 1.807) is 36.2 Å². The fourth-order valence-corrected chi connectivity index (χ4v) is 3.85. The highest BCUT2D eigenvalue weighted by atomic mass is 32.2. The number of nitrogens with zero attached hydrogens (tertiary/aromatic N) is 2. The Morgan fingerprint density at radius 1 is 1.42 bits per heavy atom. The molecule has 2 aliphatic heterocycles. The second-order valence-electron chi connectivity index (χ2n) is 5.77. The molecule has 0 bridgehead atoms. The third-order valence-corrected chi connectivity index (χ3v) is 4.78. The Bertz CT molecular complexity index is 713. The van der Waals surface area contributed by atoms with Gasteiger partial charge in [0.2, 0.25) is 0 Å². The van der Waals surface area contributed by atoms with Crippen molar-refractivity contribution in [2.24, 2.45) is 0 Å². The van der Waals surface area contributed by atoms with Gasteiger partial charge in [-0.1, -0.05) is 6.07 Å². The summed E-state index contributed by atoms with van der Waals surface area (Å²) < 4.78 is 5.29. The lowest BCUT2D eigenvalue weighted by molar-refractivity contribution is -0.142. The van der Waals surface area contributed by atoms with Crippen molar-refractivity contribution in [2.45, 2.75) is 26.4 Å². The van der Waals surface area contributed by atoms with E-state index in [-0.39, 0.29) is 18.0 Å². The summed E-state index contributed by atoms with van der Waals surface area (Å²) in [5.41, 5.74) is 1.61. The van der Waals surface area contributed by atoms with Crippen LogP contribution >= 0.6 is 11.8 Å². The highest BCUT2D eigenvalue weighted by Crippen LogP contribution is 2.42. The van der Waals surface area contributed by atoms with Crippen LogP contribution in [0.25, 0.3) is 0 Å². The number of aromatic nitrogens is 1. The van der Waals surface area contributed by atoms with Gasteiger partial charge in [-0.05, 0) is 26.0 Å². The van der Waals surface area contributed by atoms with E-state index in [4.69, 9.17) is 4.74 Å². The molecule has 0 aromatic carbocycles. The monoisotopic (exact) mass is 345 g/mol. The predicted octanol–water partition coefficient (Wildman–Crippen LogP) is 2.52. The van der Waals surface area contributed by atoms with Crippen LogP contribution in [0.15, 0.2) is 46.8 Å². The Labute approximate surface area is 145 Å². The first-order valence-corrected chi connectivity index (χ1v) is 8.80. The lowest BCUT2D eigenvalue weighted by Gasteiger charge is -2.14. The largest absolute Gasteiger partial charge is 0.460 e. The maximum atomic E-state index is 12.1. The molecule has 0 unspecified atom stereocenters. The smallest absolute Gasteiger partial charge is 0.336 e. The summed E-state index contributed by atoms with van der Waals surface area (Å²) in [4.78, 5) is 30.4. The number of esters is 1. The molecule has 2 aliphatic rings. The normalized spacial score (nSPS) is 18.3. The number of nitrogens with one attached hydrogen (secondary N) is 1. The summed E-state index contributed by atoms with van der Waals surface area (Å²) in [5.74, 6) is 0.713. The molecule has 0 atom stereocenters. The van der Waals surface area contributed by atoms with Crippen LogP contribution in [-0.2, 0) is 14.3 Å². The quantitative estimate of drug-likeness (QED) is 0.668. The summed E-state index contributed by atoms with van der Waals surface area (Å²) >= 11 is 1.57. The van der Waals surface area contributed by atoms with Gasteiger partial charge in [0.25, 0.3) is 5.91 Å². The maximum Gasteiger partial charge on any atom is 0.336 e. The van der Waals surface area contributed by atoms with E-state index in [9.17, 15) is 9.59 Å². The van der Waals surface area contributed by atoms with Crippen molar-refractivity contribution in [3.63, 3.8) is 0 Å². The number of carbonyl (C=O) groups excluding carboxylic acids is 2. The lowest BCUT2D eigenvalue weighted by atomic mass is 10.2. The van der Waals surface area contributed by atoms with Crippen molar-refractivity contribution < 1.29 is 14.3 Å². The van der Waals surface area contributed by atoms with Crippen molar-refractivity contribution in [1.29, 1.82) is 0 Å². The van der Waals surface area contributed by atoms with Gasteiger partial charge in [0.15, 0.2) is 0 Å². The number of ether oxygens (including phenoxy) is 1. The van der Waals surface area contributed by atoms with E-state index in [0.717, 1.165) is 10.7 Å². The summed E-state index contributed by atoms with van der Waals surface area (Å²) in [6.07, 6.45) is 3.71. The Balaban J connectivity index is 1.70. The van der Waals surface area contributed by atoms with Crippen LogP contribution in [0.3, 0.4) is 0 Å². The summed E-state index contributed by atoms with van der Waals surface area (Å²) in [5, 5.41) is 3.65. The van der Waals surface area contributed by atoms with Gasteiger partial charge in [0.05, 0.1) is 16.7 Å². The number of thioether (sulfide) groups is 1. The van der Waals surface area contributed by atoms with E-state index in [1.165, 1.54) is 0 Å². The molecule has 0 radical (unpaired) electrons. The first-order chi connectivity index (χ1) is 11.5. The fourth-order valence-electron chi connectivity index (χ4n) is 2.60.